The van der Waals surface area contributed by atoms with Gasteiger partial charge in [-0.15, -0.1) is 0 Å². The van der Waals surface area contributed by atoms with E-state index < -0.39 is 5.41 Å². The van der Waals surface area contributed by atoms with Gasteiger partial charge in [0.1, 0.15) is 5.82 Å². The lowest BCUT2D eigenvalue weighted by Gasteiger charge is -2.44. The number of likely N-dealkylation sites (tertiary alicyclic amines) is 1. The van der Waals surface area contributed by atoms with Crippen LogP contribution in [-0.2, 0) is 11.2 Å². The van der Waals surface area contributed by atoms with Gasteiger partial charge in [0.15, 0.2) is 11.5 Å². The normalized spacial score (nSPS) is 18.3. The molecule has 0 bridgehead atoms. The molecular weight excluding hydrogens is 531 g/mol. The number of hydrogen-bond acceptors (Lipinski definition) is 6. The molecule has 8 heteroatoms. The topological polar surface area (TPSA) is 67.8 Å². The molecule has 1 aromatic heterocycles. The van der Waals surface area contributed by atoms with E-state index in [1.54, 1.807) is 14.2 Å². The van der Waals surface area contributed by atoms with E-state index in [9.17, 15) is 9.18 Å². The van der Waals surface area contributed by atoms with Crippen LogP contribution < -0.4 is 14.4 Å². The van der Waals surface area contributed by atoms with Crippen LogP contribution in [0.1, 0.15) is 48.5 Å². The SMILES string of the molecule is COc1cc2nc(N3CCC(Cc4ccccc4)(C(=O)N4CCCC4c4ccc(F)cc4)CC3)nc(C)c2cc1OC. The molecule has 2 aliphatic rings. The highest BCUT2D eigenvalue weighted by Gasteiger charge is 2.46. The van der Waals surface area contributed by atoms with E-state index in [1.807, 2.05) is 49.4 Å². The summed E-state index contributed by atoms with van der Waals surface area (Å²) in [5, 5.41) is 0.919. The number of fused-ring (bicyclic) bond motifs is 1. The van der Waals surface area contributed by atoms with Gasteiger partial charge in [-0.2, -0.15) is 0 Å². The summed E-state index contributed by atoms with van der Waals surface area (Å²) in [5.74, 6) is 1.88. The molecule has 0 spiro atoms. The molecule has 1 amide bonds. The number of aromatic nitrogens is 2. The monoisotopic (exact) mass is 568 g/mol. The Hall–Kier alpha value is -4.20. The smallest absolute Gasteiger partial charge is 0.229 e. The van der Waals surface area contributed by atoms with Gasteiger partial charge in [0.05, 0.1) is 36.9 Å². The highest BCUT2D eigenvalue weighted by Crippen LogP contribution is 2.43. The van der Waals surface area contributed by atoms with Gasteiger partial charge < -0.3 is 19.3 Å². The molecule has 3 aromatic carbocycles. The van der Waals surface area contributed by atoms with E-state index in [0.29, 0.717) is 49.8 Å². The van der Waals surface area contributed by atoms with Crippen molar-refractivity contribution in [2.75, 3.05) is 38.8 Å². The third kappa shape index (κ3) is 5.26. The van der Waals surface area contributed by atoms with E-state index in [0.717, 1.165) is 47.1 Å². The molecule has 7 nitrogen and oxygen atoms in total. The summed E-state index contributed by atoms with van der Waals surface area (Å²) in [6.07, 6.45) is 3.91. The molecule has 1 atom stereocenters. The number of benzene rings is 3. The first-order valence-corrected chi connectivity index (χ1v) is 14.7. The van der Waals surface area contributed by atoms with Crippen molar-refractivity contribution in [3.63, 3.8) is 0 Å². The summed E-state index contributed by atoms with van der Waals surface area (Å²) >= 11 is 0. The minimum absolute atomic E-state index is 0.0257. The van der Waals surface area contributed by atoms with Gasteiger partial charge in [0.2, 0.25) is 11.9 Å². The largest absolute Gasteiger partial charge is 0.493 e. The standard InChI is InChI=1S/C34H37FN4O3/c1-23-27-20-30(41-2)31(42-3)21-28(27)37-33(36-23)38-18-15-34(16-19-38,22-24-8-5-4-6-9-24)32(40)39-17-7-10-29(39)25-11-13-26(35)14-12-25/h4-6,8-9,11-14,20-21,29H,7,10,15-19,22H2,1-3H3. The van der Waals surface area contributed by atoms with Crippen LogP contribution in [0.4, 0.5) is 10.3 Å². The van der Waals surface area contributed by atoms with Crippen molar-refractivity contribution in [2.45, 2.75) is 45.1 Å². The number of nitrogens with zero attached hydrogens (tertiary/aromatic N) is 4. The van der Waals surface area contributed by atoms with Crippen molar-refractivity contribution in [2.24, 2.45) is 5.41 Å². The Morgan fingerprint density at radius 3 is 2.33 bits per heavy atom. The van der Waals surface area contributed by atoms with Crippen LogP contribution in [0, 0.1) is 18.2 Å². The first kappa shape index (κ1) is 27.9. The lowest BCUT2D eigenvalue weighted by Crippen LogP contribution is -2.51. The zero-order valence-corrected chi connectivity index (χ0v) is 24.5. The van der Waals surface area contributed by atoms with E-state index in [2.05, 4.69) is 21.9 Å². The second-order valence-corrected chi connectivity index (χ2v) is 11.5. The first-order chi connectivity index (χ1) is 20.4. The molecule has 6 rings (SSSR count). The van der Waals surface area contributed by atoms with Crippen molar-refractivity contribution >= 4 is 22.8 Å². The Kier molecular flexibility index (Phi) is 7.71. The molecule has 3 heterocycles. The summed E-state index contributed by atoms with van der Waals surface area (Å²) in [4.78, 5) is 28.6. The van der Waals surface area contributed by atoms with Crippen LogP contribution in [0.15, 0.2) is 66.7 Å². The average Bonchev–Trinajstić information content (AvgIpc) is 3.51. The molecule has 1 unspecified atom stereocenters. The fourth-order valence-corrected chi connectivity index (χ4v) is 6.67. The predicted molar refractivity (Wildman–Crippen MR) is 161 cm³/mol. The Labute approximate surface area is 246 Å². The number of carbonyl (C=O) groups is 1. The van der Waals surface area contributed by atoms with Crippen molar-refractivity contribution in [3.05, 3.63) is 89.4 Å². The van der Waals surface area contributed by atoms with E-state index in [-0.39, 0.29) is 17.8 Å². The number of hydrogen-bond donors (Lipinski definition) is 0. The van der Waals surface area contributed by atoms with Crippen LogP contribution in [0.5, 0.6) is 11.5 Å². The fraction of sp³-hybridized carbons (Fsp3) is 0.382. The number of anilines is 1. The van der Waals surface area contributed by atoms with Crippen molar-refractivity contribution < 1.29 is 18.7 Å². The number of halogens is 1. The zero-order valence-electron chi connectivity index (χ0n) is 24.5. The van der Waals surface area contributed by atoms with Gasteiger partial charge >= 0.3 is 0 Å². The molecule has 42 heavy (non-hydrogen) atoms. The number of rotatable bonds is 7. The molecule has 218 valence electrons. The second kappa shape index (κ2) is 11.6. The molecule has 0 N–H and O–H groups in total. The van der Waals surface area contributed by atoms with Crippen molar-refractivity contribution in [3.8, 4) is 11.5 Å². The Bertz CT molecular complexity index is 1570. The Morgan fingerprint density at radius 1 is 0.952 bits per heavy atom. The number of methoxy groups -OCH3 is 2. The molecule has 2 aliphatic heterocycles. The minimum Gasteiger partial charge on any atom is -0.493 e. The van der Waals surface area contributed by atoms with Gasteiger partial charge in [0.25, 0.3) is 0 Å². The van der Waals surface area contributed by atoms with E-state index in [1.165, 1.54) is 12.1 Å². The van der Waals surface area contributed by atoms with Gasteiger partial charge in [-0.1, -0.05) is 42.5 Å². The number of amides is 1. The first-order valence-electron chi connectivity index (χ1n) is 14.7. The summed E-state index contributed by atoms with van der Waals surface area (Å²) < 4.78 is 24.7. The maximum atomic E-state index is 14.6. The molecule has 4 aromatic rings. The van der Waals surface area contributed by atoms with Gasteiger partial charge in [0, 0.05) is 31.1 Å². The molecular formula is C34H37FN4O3. The summed E-state index contributed by atoms with van der Waals surface area (Å²) in [6.45, 7) is 4.05. The highest BCUT2D eigenvalue weighted by atomic mass is 19.1. The van der Waals surface area contributed by atoms with Crippen molar-refractivity contribution in [1.82, 2.24) is 14.9 Å². The van der Waals surface area contributed by atoms with Crippen LogP contribution >= 0.6 is 0 Å². The Balaban J connectivity index is 1.29. The predicted octanol–water partition coefficient (Wildman–Crippen LogP) is 6.29. The number of aryl methyl sites for hydroxylation is 1. The lowest BCUT2D eigenvalue weighted by molar-refractivity contribution is -0.144. The third-order valence-corrected chi connectivity index (χ3v) is 8.99. The van der Waals surface area contributed by atoms with Crippen LogP contribution in [0.3, 0.4) is 0 Å². The second-order valence-electron chi connectivity index (χ2n) is 11.5. The fourth-order valence-electron chi connectivity index (χ4n) is 6.67. The van der Waals surface area contributed by atoms with Crippen LogP contribution in [-0.4, -0.2) is 54.6 Å². The quantitative estimate of drug-likeness (QED) is 0.261. The molecule has 2 fully saturated rings. The molecule has 0 radical (unpaired) electrons. The maximum absolute atomic E-state index is 14.6. The van der Waals surface area contributed by atoms with Gasteiger partial charge in [-0.3, -0.25) is 4.79 Å². The average molecular weight is 569 g/mol. The third-order valence-electron chi connectivity index (χ3n) is 8.99. The molecule has 0 saturated carbocycles. The van der Waals surface area contributed by atoms with E-state index in [4.69, 9.17) is 19.4 Å². The van der Waals surface area contributed by atoms with Crippen molar-refractivity contribution in [1.29, 1.82) is 0 Å². The summed E-state index contributed by atoms with van der Waals surface area (Å²) in [7, 11) is 3.24. The minimum atomic E-state index is -0.539. The van der Waals surface area contributed by atoms with Gasteiger partial charge in [-0.25, -0.2) is 14.4 Å². The molecule has 2 saturated heterocycles. The number of piperidine rings is 1. The summed E-state index contributed by atoms with van der Waals surface area (Å²) in [6, 6.07) is 20.7. The Morgan fingerprint density at radius 2 is 1.64 bits per heavy atom. The molecule has 0 aliphatic carbocycles. The maximum Gasteiger partial charge on any atom is 0.229 e. The van der Waals surface area contributed by atoms with Crippen LogP contribution in [0.2, 0.25) is 0 Å². The highest BCUT2D eigenvalue weighted by molar-refractivity contribution is 5.86. The number of carbonyl (C=O) groups excluding carboxylic acids is 1. The summed E-state index contributed by atoms with van der Waals surface area (Å²) in [5.41, 5.74) is 3.29. The lowest BCUT2D eigenvalue weighted by atomic mass is 9.72. The zero-order chi connectivity index (χ0) is 29.3. The number of ether oxygens (including phenoxy) is 2. The van der Waals surface area contributed by atoms with E-state index >= 15 is 0 Å². The van der Waals surface area contributed by atoms with Crippen LogP contribution in [0.25, 0.3) is 10.9 Å². The van der Waals surface area contributed by atoms with Gasteiger partial charge in [-0.05, 0) is 68.4 Å².